The minimum atomic E-state index is -0.488. The van der Waals surface area contributed by atoms with Crippen LogP contribution in [0.3, 0.4) is 0 Å². The number of carbonyl (C=O) groups excluding carboxylic acids is 2. The van der Waals surface area contributed by atoms with Crippen LogP contribution in [0.2, 0.25) is 0 Å². The van der Waals surface area contributed by atoms with Gasteiger partial charge in [0.15, 0.2) is 0 Å². The number of ether oxygens (including phenoxy) is 1. The number of esters is 1. The Morgan fingerprint density at radius 3 is 2.59 bits per heavy atom. The lowest BCUT2D eigenvalue weighted by Gasteiger charge is -2.26. The first-order valence-corrected chi connectivity index (χ1v) is 7.47. The van der Waals surface area contributed by atoms with Gasteiger partial charge in [-0.1, -0.05) is 18.2 Å². The number of aldehydes is 1. The van der Waals surface area contributed by atoms with E-state index >= 15 is 0 Å². The molecule has 0 aromatic heterocycles. The van der Waals surface area contributed by atoms with Crippen molar-refractivity contribution in [1.29, 1.82) is 0 Å². The second-order valence-electron chi connectivity index (χ2n) is 6.59. The van der Waals surface area contributed by atoms with Gasteiger partial charge in [0, 0.05) is 11.1 Å². The van der Waals surface area contributed by atoms with Crippen molar-refractivity contribution in [2.75, 3.05) is 0 Å². The number of allylic oxidation sites excluding steroid dienone is 2. The molecule has 0 bridgehead atoms. The van der Waals surface area contributed by atoms with Crippen molar-refractivity contribution in [3.63, 3.8) is 0 Å². The molecule has 1 atom stereocenters. The Kier molecular flexibility index (Phi) is 4.79. The smallest absolute Gasteiger partial charge is 0.309 e. The topological polar surface area (TPSA) is 43.4 Å². The molecule has 0 spiro atoms. The van der Waals surface area contributed by atoms with Crippen LogP contribution < -0.4 is 0 Å². The average molecular weight is 304 g/mol. The average Bonchev–Trinajstić information content (AvgIpc) is 2.45. The van der Waals surface area contributed by atoms with Crippen LogP contribution in [0.15, 0.2) is 24.3 Å². The number of hydrogen-bond acceptors (Lipinski definition) is 3. The van der Waals surface area contributed by atoms with Crippen LogP contribution in [-0.2, 0) is 9.53 Å². The van der Waals surface area contributed by atoms with Crippen LogP contribution in [0.1, 0.15) is 56.0 Å². The molecule has 0 saturated heterocycles. The third-order valence-corrected chi connectivity index (χ3v) is 3.63. The first kappa shape index (κ1) is 16.4. The molecule has 0 heterocycles. The van der Waals surface area contributed by atoms with E-state index in [9.17, 15) is 14.0 Å². The molecule has 118 valence electrons. The first-order valence-electron chi connectivity index (χ1n) is 7.47. The zero-order valence-electron chi connectivity index (χ0n) is 13.2. The van der Waals surface area contributed by atoms with Crippen molar-refractivity contribution in [1.82, 2.24) is 0 Å². The second kappa shape index (κ2) is 6.42. The van der Waals surface area contributed by atoms with E-state index in [4.69, 9.17) is 4.74 Å². The second-order valence-corrected chi connectivity index (χ2v) is 6.59. The van der Waals surface area contributed by atoms with Gasteiger partial charge >= 0.3 is 5.97 Å². The Balaban J connectivity index is 2.08. The molecule has 0 aliphatic heterocycles. The lowest BCUT2D eigenvalue weighted by atomic mass is 9.86. The highest BCUT2D eigenvalue weighted by molar-refractivity contribution is 5.78. The molecule has 0 radical (unpaired) electrons. The van der Waals surface area contributed by atoms with E-state index < -0.39 is 11.4 Å². The van der Waals surface area contributed by atoms with Crippen LogP contribution >= 0.6 is 0 Å². The molecule has 1 aromatic carbocycles. The molecule has 0 fully saturated rings. The van der Waals surface area contributed by atoms with E-state index in [1.807, 2.05) is 26.8 Å². The number of carbonyl (C=O) groups is 2. The number of benzene rings is 1. The highest BCUT2D eigenvalue weighted by atomic mass is 19.1. The van der Waals surface area contributed by atoms with Crippen molar-refractivity contribution < 1.29 is 18.7 Å². The van der Waals surface area contributed by atoms with Gasteiger partial charge in [0.2, 0.25) is 0 Å². The van der Waals surface area contributed by atoms with Crippen LogP contribution in [0.4, 0.5) is 4.39 Å². The molecular weight excluding hydrogens is 283 g/mol. The van der Waals surface area contributed by atoms with Gasteiger partial charge in [-0.05, 0) is 51.7 Å². The fourth-order valence-corrected chi connectivity index (χ4v) is 2.54. The molecule has 0 amide bonds. The predicted octanol–water partition coefficient (Wildman–Crippen LogP) is 4.16. The van der Waals surface area contributed by atoms with Crippen molar-refractivity contribution in [2.45, 2.75) is 45.6 Å². The van der Waals surface area contributed by atoms with E-state index in [1.165, 1.54) is 6.07 Å². The molecular formula is C18H21FO3. The van der Waals surface area contributed by atoms with Gasteiger partial charge in [-0.15, -0.1) is 0 Å². The Morgan fingerprint density at radius 2 is 2.09 bits per heavy atom. The van der Waals surface area contributed by atoms with Gasteiger partial charge in [-0.2, -0.15) is 0 Å². The molecule has 22 heavy (non-hydrogen) atoms. The minimum Gasteiger partial charge on any atom is -0.460 e. The van der Waals surface area contributed by atoms with E-state index in [0.717, 1.165) is 5.57 Å². The van der Waals surface area contributed by atoms with E-state index in [0.29, 0.717) is 36.7 Å². The highest BCUT2D eigenvalue weighted by Crippen LogP contribution is 2.32. The fraction of sp³-hybridized carbons (Fsp3) is 0.444. The van der Waals surface area contributed by atoms with E-state index in [1.54, 1.807) is 12.1 Å². The summed E-state index contributed by atoms with van der Waals surface area (Å²) >= 11 is 0. The van der Waals surface area contributed by atoms with Crippen LogP contribution in [0.25, 0.3) is 5.57 Å². The first-order chi connectivity index (χ1) is 10.3. The van der Waals surface area contributed by atoms with Gasteiger partial charge in [0.1, 0.15) is 17.7 Å². The predicted molar refractivity (Wildman–Crippen MR) is 83.0 cm³/mol. The molecule has 0 saturated carbocycles. The Hall–Kier alpha value is -1.97. The zero-order chi connectivity index (χ0) is 16.3. The van der Waals surface area contributed by atoms with Gasteiger partial charge in [-0.25, -0.2) is 4.39 Å². The summed E-state index contributed by atoms with van der Waals surface area (Å²) in [5.41, 5.74) is 1.23. The Morgan fingerprint density at radius 1 is 1.36 bits per heavy atom. The molecule has 0 N–H and O–H groups in total. The standard InChI is InChI=1S/C18H21FO3/c1-18(2,3)22-17(21)14-7-5-13(6-8-14)15-9-4-12(11-20)10-16(15)19/h4-5,9-11,14H,6-8H2,1-3H3. The van der Waals surface area contributed by atoms with Crippen LogP contribution in [0.5, 0.6) is 0 Å². The third-order valence-electron chi connectivity index (χ3n) is 3.63. The number of hydrogen-bond donors (Lipinski definition) is 0. The Labute approximate surface area is 130 Å². The summed E-state index contributed by atoms with van der Waals surface area (Å²) in [7, 11) is 0. The van der Waals surface area contributed by atoms with Gasteiger partial charge < -0.3 is 4.74 Å². The highest BCUT2D eigenvalue weighted by Gasteiger charge is 2.27. The molecule has 1 aromatic rings. The number of rotatable bonds is 3. The summed E-state index contributed by atoms with van der Waals surface area (Å²) in [5.74, 6) is -0.758. The number of halogens is 1. The Bertz CT molecular complexity index is 611. The lowest BCUT2D eigenvalue weighted by molar-refractivity contribution is -0.160. The van der Waals surface area contributed by atoms with Gasteiger partial charge in [0.25, 0.3) is 0 Å². The SMILES string of the molecule is CC(C)(C)OC(=O)C1CC=C(c2ccc(C=O)cc2F)CC1. The maximum absolute atomic E-state index is 14.0. The minimum absolute atomic E-state index is 0.166. The van der Waals surface area contributed by atoms with Crippen molar-refractivity contribution in [2.24, 2.45) is 5.92 Å². The lowest BCUT2D eigenvalue weighted by Crippen LogP contribution is -2.29. The largest absolute Gasteiger partial charge is 0.460 e. The molecule has 2 rings (SSSR count). The zero-order valence-corrected chi connectivity index (χ0v) is 13.2. The van der Waals surface area contributed by atoms with Crippen LogP contribution in [-0.4, -0.2) is 17.9 Å². The quantitative estimate of drug-likeness (QED) is 0.622. The summed E-state index contributed by atoms with van der Waals surface area (Å²) < 4.78 is 19.4. The molecule has 1 aliphatic carbocycles. The normalized spacial score (nSPS) is 18.5. The van der Waals surface area contributed by atoms with E-state index in [2.05, 4.69) is 0 Å². The summed E-state index contributed by atoms with van der Waals surface area (Å²) in [6.45, 7) is 5.54. The summed E-state index contributed by atoms with van der Waals surface area (Å²) in [4.78, 5) is 22.7. The van der Waals surface area contributed by atoms with Crippen molar-refractivity contribution in [3.8, 4) is 0 Å². The van der Waals surface area contributed by atoms with E-state index in [-0.39, 0.29) is 11.9 Å². The van der Waals surface area contributed by atoms with Crippen LogP contribution in [0, 0.1) is 11.7 Å². The van der Waals surface area contributed by atoms with Gasteiger partial charge in [-0.3, -0.25) is 9.59 Å². The molecule has 1 unspecified atom stereocenters. The fourth-order valence-electron chi connectivity index (χ4n) is 2.54. The molecule has 3 nitrogen and oxygen atoms in total. The maximum atomic E-state index is 14.0. The summed E-state index contributed by atoms with van der Waals surface area (Å²) in [6.07, 6.45) is 4.35. The summed E-state index contributed by atoms with van der Waals surface area (Å²) in [6, 6.07) is 4.47. The van der Waals surface area contributed by atoms with Crippen molar-refractivity contribution >= 4 is 17.8 Å². The van der Waals surface area contributed by atoms with Gasteiger partial charge in [0.05, 0.1) is 5.92 Å². The van der Waals surface area contributed by atoms with Crippen molar-refractivity contribution in [3.05, 3.63) is 41.2 Å². The maximum Gasteiger partial charge on any atom is 0.309 e. The molecule has 4 heteroatoms. The molecule has 1 aliphatic rings. The summed E-state index contributed by atoms with van der Waals surface area (Å²) in [5, 5.41) is 0. The monoisotopic (exact) mass is 304 g/mol. The third kappa shape index (κ3) is 4.03.